The summed E-state index contributed by atoms with van der Waals surface area (Å²) in [4.78, 5) is 0. The molecule has 2 rings (SSSR count). The van der Waals surface area contributed by atoms with E-state index in [1.807, 2.05) is 24.3 Å². The van der Waals surface area contributed by atoms with E-state index in [1.54, 1.807) is 6.33 Å². The summed E-state index contributed by atoms with van der Waals surface area (Å²) in [5, 5.41) is 8.08. The lowest BCUT2D eigenvalue weighted by molar-refractivity contribution is 0.646. The molecule has 2 aromatic rings. The van der Waals surface area contributed by atoms with Gasteiger partial charge in [-0.2, -0.15) is 0 Å². The average Bonchev–Trinajstić information content (AvgIpc) is 2.70. The van der Waals surface area contributed by atoms with Crippen LogP contribution in [-0.2, 0) is 13.0 Å². The van der Waals surface area contributed by atoms with Gasteiger partial charge >= 0.3 is 0 Å². The molecule has 1 heterocycles. The maximum Gasteiger partial charge on any atom is 0.137 e. The molecule has 0 unspecified atom stereocenters. The van der Waals surface area contributed by atoms with Crippen molar-refractivity contribution in [3.63, 3.8) is 0 Å². The first kappa shape index (κ1) is 10.7. The number of rotatable bonds is 4. The number of aromatic nitrogens is 3. The second kappa shape index (κ2) is 4.79. The summed E-state index contributed by atoms with van der Waals surface area (Å²) in [5.41, 5.74) is 7.64. The number of anilines is 1. The number of nitrogens with zero attached hydrogens (tertiary/aromatic N) is 3. The highest BCUT2D eigenvalue weighted by Crippen LogP contribution is 2.10. The number of aryl methyl sites for hydroxylation is 1. The molecule has 1 aromatic carbocycles. The molecular formula is C12H16N4. The molecule has 0 aliphatic carbocycles. The molecule has 0 amide bonds. The van der Waals surface area contributed by atoms with E-state index in [0.717, 1.165) is 30.9 Å². The van der Waals surface area contributed by atoms with Gasteiger partial charge in [-0.1, -0.05) is 19.1 Å². The van der Waals surface area contributed by atoms with Gasteiger partial charge in [0.2, 0.25) is 0 Å². The van der Waals surface area contributed by atoms with Gasteiger partial charge in [0.15, 0.2) is 0 Å². The Bertz CT molecular complexity index is 444. The van der Waals surface area contributed by atoms with Crippen LogP contribution in [0.25, 0.3) is 0 Å². The van der Waals surface area contributed by atoms with E-state index in [0.29, 0.717) is 0 Å². The Balaban J connectivity index is 2.13. The molecule has 1 aromatic heterocycles. The van der Waals surface area contributed by atoms with Crippen LogP contribution in [0.5, 0.6) is 0 Å². The molecule has 0 saturated carbocycles. The Morgan fingerprint density at radius 3 is 2.69 bits per heavy atom. The Morgan fingerprint density at radius 2 is 2.00 bits per heavy atom. The van der Waals surface area contributed by atoms with Gasteiger partial charge in [-0.3, -0.25) is 0 Å². The summed E-state index contributed by atoms with van der Waals surface area (Å²) in [6.45, 7) is 3.12. The van der Waals surface area contributed by atoms with Crippen molar-refractivity contribution >= 4 is 5.69 Å². The first-order valence-corrected chi connectivity index (χ1v) is 5.50. The zero-order valence-corrected chi connectivity index (χ0v) is 9.43. The quantitative estimate of drug-likeness (QED) is 0.794. The van der Waals surface area contributed by atoms with Crippen LogP contribution in [0.2, 0.25) is 0 Å². The molecule has 0 atom stereocenters. The summed E-state index contributed by atoms with van der Waals surface area (Å²) < 4.78 is 2.09. The zero-order valence-electron chi connectivity index (χ0n) is 9.43. The predicted octanol–water partition coefficient (Wildman–Crippen LogP) is 1.86. The third-order valence-electron chi connectivity index (χ3n) is 2.50. The van der Waals surface area contributed by atoms with Gasteiger partial charge in [0.1, 0.15) is 12.2 Å². The Morgan fingerprint density at radius 1 is 1.25 bits per heavy atom. The Hall–Kier alpha value is -1.84. The van der Waals surface area contributed by atoms with Gasteiger partial charge in [-0.05, 0) is 24.1 Å². The third kappa shape index (κ3) is 2.39. The Labute approximate surface area is 95.1 Å². The van der Waals surface area contributed by atoms with Gasteiger partial charge in [0, 0.05) is 18.7 Å². The summed E-state index contributed by atoms with van der Waals surface area (Å²) in [5.74, 6) is 1.01. The molecule has 0 spiro atoms. The van der Waals surface area contributed by atoms with Crippen molar-refractivity contribution in [1.82, 2.24) is 14.8 Å². The maximum absolute atomic E-state index is 5.64. The van der Waals surface area contributed by atoms with E-state index in [1.165, 1.54) is 5.56 Å². The van der Waals surface area contributed by atoms with Crippen molar-refractivity contribution in [3.8, 4) is 0 Å². The number of nitrogens with two attached hydrogens (primary N) is 1. The smallest absolute Gasteiger partial charge is 0.137 e. The second-order valence-corrected chi connectivity index (χ2v) is 3.86. The number of nitrogen functional groups attached to an aromatic ring is 1. The molecule has 0 saturated heterocycles. The minimum Gasteiger partial charge on any atom is -0.399 e. The topological polar surface area (TPSA) is 56.7 Å². The van der Waals surface area contributed by atoms with Crippen molar-refractivity contribution < 1.29 is 0 Å². The van der Waals surface area contributed by atoms with Crippen LogP contribution in [0.3, 0.4) is 0 Å². The highest BCUT2D eigenvalue weighted by atomic mass is 15.3. The van der Waals surface area contributed by atoms with E-state index < -0.39 is 0 Å². The molecule has 0 aliphatic heterocycles. The van der Waals surface area contributed by atoms with Gasteiger partial charge < -0.3 is 10.3 Å². The van der Waals surface area contributed by atoms with E-state index in [-0.39, 0.29) is 0 Å². The van der Waals surface area contributed by atoms with Crippen molar-refractivity contribution in [1.29, 1.82) is 0 Å². The van der Waals surface area contributed by atoms with Crippen LogP contribution < -0.4 is 5.73 Å². The molecular weight excluding hydrogens is 200 g/mol. The van der Waals surface area contributed by atoms with Crippen LogP contribution in [0, 0.1) is 0 Å². The monoisotopic (exact) mass is 216 g/mol. The van der Waals surface area contributed by atoms with Crippen LogP contribution in [0.15, 0.2) is 30.6 Å². The molecule has 0 radical (unpaired) electrons. The molecule has 0 aliphatic rings. The highest BCUT2D eigenvalue weighted by molar-refractivity contribution is 5.39. The highest BCUT2D eigenvalue weighted by Gasteiger charge is 2.04. The summed E-state index contributed by atoms with van der Waals surface area (Å²) >= 11 is 0. The molecule has 4 heteroatoms. The molecule has 84 valence electrons. The van der Waals surface area contributed by atoms with Gasteiger partial charge in [0.25, 0.3) is 0 Å². The standard InChI is InChI=1S/C12H16N4/c1-2-7-16-9-14-15-12(16)8-10-3-5-11(13)6-4-10/h3-6,9H,2,7-8,13H2,1H3. The normalized spacial score (nSPS) is 10.6. The van der Waals surface area contributed by atoms with Crippen molar-refractivity contribution in [3.05, 3.63) is 42.0 Å². The zero-order chi connectivity index (χ0) is 11.4. The van der Waals surface area contributed by atoms with Gasteiger partial charge in [0.05, 0.1) is 0 Å². The van der Waals surface area contributed by atoms with E-state index >= 15 is 0 Å². The van der Waals surface area contributed by atoms with Crippen molar-refractivity contribution in [2.45, 2.75) is 26.3 Å². The fourth-order valence-corrected chi connectivity index (χ4v) is 1.66. The SMILES string of the molecule is CCCn1cnnc1Cc1ccc(N)cc1. The molecule has 16 heavy (non-hydrogen) atoms. The first-order valence-electron chi connectivity index (χ1n) is 5.50. The number of hydrogen-bond donors (Lipinski definition) is 1. The lowest BCUT2D eigenvalue weighted by atomic mass is 10.1. The minimum atomic E-state index is 0.791. The second-order valence-electron chi connectivity index (χ2n) is 3.86. The molecule has 0 bridgehead atoms. The summed E-state index contributed by atoms with van der Waals surface area (Å²) in [7, 11) is 0. The van der Waals surface area contributed by atoms with Crippen molar-refractivity contribution in [2.24, 2.45) is 0 Å². The summed E-state index contributed by atoms with van der Waals surface area (Å²) in [6.07, 6.45) is 3.68. The van der Waals surface area contributed by atoms with Gasteiger partial charge in [-0.25, -0.2) is 0 Å². The Kier molecular flexibility index (Phi) is 3.19. The number of hydrogen-bond acceptors (Lipinski definition) is 3. The molecule has 0 fully saturated rings. The summed E-state index contributed by atoms with van der Waals surface area (Å²) in [6, 6.07) is 7.88. The van der Waals surface area contributed by atoms with E-state index in [2.05, 4.69) is 21.7 Å². The maximum atomic E-state index is 5.64. The minimum absolute atomic E-state index is 0.791. The van der Waals surface area contributed by atoms with Crippen molar-refractivity contribution in [2.75, 3.05) is 5.73 Å². The fraction of sp³-hybridized carbons (Fsp3) is 0.333. The molecule has 2 N–H and O–H groups in total. The van der Waals surface area contributed by atoms with E-state index in [4.69, 9.17) is 5.73 Å². The number of benzene rings is 1. The lowest BCUT2D eigenvalue weighted by Gasteiger charge is -2.04. The van der Waals surface area contributed by atoms with Crippen LogP contribution in [0.1, 0.15) is 24.7 Å². The lowest BCUT2D eigenvalue weighted by Crippen LogP contribution is -2.03. The van der Waals surface area contributed by atoms with Crippen LogP contribution in [-0.4, -0.2) is 14.8 Å². The third-order valence-corrected chi connectivity index (χ3v) is 2.50. The molecule has 4 nitrogen and oxygen atoms in total. The first-order chi connectivity index (χ1) is 7.79. The van der Waals surface area contributed by atoms with Crippen LogP contribution in [0.4, 0.5) is 5.69 Å². The van der Waals surface area contributed by atoms with Crippen LogP contribution >= 0.6 is 0 Å². The van der Waals surface area contributed by atoms with E-state index in [9.17, 15) is 0 Å². The largest absolute Gasteiger partial charge is 0.399 e. The van der Waals surface area contributed by atoms with Gasteiger partial charge in [-0.15, -0.1) is 10.2 Å². The predicted molar refractivity (Wildman–Crippen MR) is 64.0 cm³/mol. The average molecular weight is 216 g/mol. The fourth-order valence-electron chi connectivity index (χ4n) is 1.66.